The number of hydrogen-bond acceptors (Lipinski definition) is 7. The molecule has 5 rings (SSSR count). The molecule has 14 heteroatoms. The molecule has 2 atom stereocenters. The number of esters is 1. The molecule has 1 saturated heterocycles. The Hall–Kier alpha value is -4.10. The minimum absolute atomic E-state index is 0.00983. The second-order valence-electron chi connectivity index (χ2n) is 9.79. The van der Waals surface area contributed by atoms with E-state index in [1.807, 2.05) is 0 Å². The van der Waals surface area contributed by atoms with Crippen molar-refractivity contribution in [2.24, 2.45) is 0 Å². The molecule has 1 spiro atoms. The van der Waals surface area contributed by atoms with Gasteiger partial charge in [0.25, 0.3) is 5.91 Å². The Labute approximate surface area is 246 Å². The summed E-state index contributed by atoms with van der Waals surface area (Å²) >= 11 is 6.60. The SMILES string of the molecule is COC(=O)c1sc(C(=O)N[C@@H](Cc2ccc(F)cc2)C(=O)N2CCC[C@@]3(C2)OC(=O)Nc2ccc(Cl)c(F)c23)cc1F. The van der Waals surface area contributed by atoms with Crippen molar-refractivity contribution in [3.63, 3.8) is 0 Å². The zero-order valence-electron chi connectivity index (χ0n) is 22.0. The van der Waals surface area contributed by atoms with Crippen LogP contribution in [0.5, 0.6) is 0 Å². The first kappa shape index (κ1) is 29.4. The molecule has 0 unspecified atom stereocenters. The molecule has 3 amide bonds. The molecule has 0 saturated carbocycles. The van der Waals surface area contributed by atoms with Crippen LogP contribution in [0.15, 0.2) is 42.5 Å². The van der Waals surface area contributed by atoms with Gasteiger partial charge in [0.2, 0.25) is 5.91 Å². The fourth-order valence-electron chi connectivity index (χ4n) is 5.18. The number of amides is 3. The van der Waals surface area contributed by atoms with Gasteiger partial charge in [0.15, 0.2) is 11.4 Å². The van der Waals surface area contributed by atoms with E-state index < -0.39 is 57.8 Å². The number of carbonyl (C=O) groups is 4. The van der Waals surface area contributed by atoms with Crippen molar-refractivity contribution >= 4 is 52.5 Å². The number of fused-ring (bicyclic) bond motifs is 2. The van der Waals surface area contributed by atoms with Crippen molar-refractivity contribution in [2.75, 3.05) is 25.5 Å². The minimum Gasteiger partial charge on any atom is -0.465 e. The third-order valence-electron chi connectivity index (χ3n) is 7.08. The van der Waals surface area contributed by atoms with Crippen molar-refractivity contribution in [3.05, 3.63) is 85.8 Å². The lowest BCUT2D eigenvalue weighted by Gasteiger charge is -2.45. The predicted octanol–water partition coefficient (Wildman–Crippen LogP) is 5.03. The van der Waals surface area contributed by atoms with Gasteiger partial charge in [-0.1, -0.05) is 23.7 Å². The van der Waals surface area contributed by atoms with Crippen molar-refractivity contribution < 1.29 is 41.8 Å². The van der Waals surface area contributed by atoms with Crippen LogP contribution in [0.1, 0.15) is 43.3 Å². The molecule has 0 radical (unpaired) electrons. The predicted molar refractivity (Wildman–Crippen MR) is 146 cm³/mol. The van der Waals surface area contributed by atoms with Crippen molar-refractivity contribution in [1.82, 2.24) is 10.2 Å². The van der Waals surface area contributed by atoms with Crippen molar-refractivity contribution in [3.8, 4) is 0 Å². The largest absolute Gasteiger partial charge is 0.465 e. The van der Waals surface area contributed by atoms with Crippen LogP contribution in [0, 0.1) is 17.5 Å². The zero-order valence-corrected chi connectivity index (χ0v) is 23.5. The number of carbonyl (C=O) groups excluding carboxylic acids is 4. The molecule has 1 fully saturated rings. The van der Waals surface area contributed by atoms with E-state index in [1.165, 1.54) is 41.3 Å². The molecular weight excluding hydrogens is 599 g/mol. The van der Waals surface area contributed by atoms with Crippen LogP contribution in [0.25, 0.3) is 0 Å². The summed E-state index contributed by atoms with van der Waals surface area (Å²) in [5, 5.41) is 4.85. The summed E-state index contributed by atoms with van der Waals surface area (Å²) in [6.45, 7) is -0.0432. The van der Waals surface area contributed by atoms with Gasteiger partial charge in [0, 0.05) is 13.0 Å². The topological polar surface area (TPSA) is 114 Å². The Morgan fingerprint density at radius 2 is 1.93 bits per heavy atom. The highest BCUT2D eigenvalue weighted by Crippen LogP contribution is 2.45. The van der Waals surface area contributed by atoms with Gasteiger partial charge in [-0.05, 0) is 48.7 Å². The molecule has 9 nitrogen and oxygen atoms in total. The maximum Gasteiger partial charge on any atom is 0.412 e. The third-order valence-corrected chi connectivity index (χ3v) is 8.46. The maximum atomic E-state index is 15.3. The number of piperidine rings is 1. The molecule has 2 N–H and O–H groups in total. The van der Waals surface area contributed by atoms with Crippen molar-refractivity contribution in [1.29, 1.82) is 0 Å². The van der Waals surface area contributed by atoms with E-state index in [-0.39, 0.29) is 47.1 Å². The molecule has 0 aliphatic carbocycles. The molecule has 220 valence electrons. The van der Waals surface area contributed by atoms with Crippen molar-refractivity contribution in [2.45, 2.75) is 30.9 Å². The second-order valence-corrected chi connectivity index (χ2v) is 11.3. The monoisotopic (exact) mass is 621 g/mol. The maximum absolute atomic E-state index is 15.3. The normalized spacial score (nSPS) is 18.5. The quantitative estimate of drug-likeness (QED) is 0.374. The molecule has 1 aromatic heterocycles. The number of nitrogens with zero attached hydrogens (tertiary/aromatic N) is 1. The fraction of sp³-hybridized carbons (Fsp3) is 0.286. The smallest absolute Gasteiger partial charge is 0.412 e. The Balaban J connectivity index is 1.45. The molecule has 0 bridgehead atoms. The molecule has 42 heavy (non-hydrogen) atoms. The highest BCUT2D eigenvalue weighted by Gasteiger charge is 2.49. The number of hydrogen-bond donors (Lipinski definition) is 2. The van der Waals surface area contributed by atoms with Gasteiger partial charge in [0.05, 0.1) is 34.8 Å². The number of rotatable bonds is 6. The van der Waals surface area contributed by atoms with Crippen LogP contribution in [-0.2, 0) is 26.3 Å². The summed E-state index contributed by atoms with van der Waals surface area (Å²) in [5.41, 5.74) is -0.863. The van der Waals surface area contributed by atoms with Gasteiger partial charge >= 0.3 is 12.1 Å². The Morgan fingerprint density at radius 3 is 2.64 bits per heavy atom. The molecule has 3 heterocycles. The van der Waals surface area contributed by atoms with E-state index in [1.54, 1.807) is 0 Å². The van der Waals surface area contributed by atoms with Gasteiger partial charge in [-0.15, -0.1) is 11.3 Å². The molecule has 2 aromatic carbocycles. The number of anilines is 1. The number of methoxy groups -OCH3 is 1. The lowest BCUT2D eigenvalue weighted by molar-refractivity contribution is -0.141. The van der Waals surface area contributed by atoms with E-state index >= 15 is 4.39 Å². The zero-order chi connectivity index (χ0) is 30.2. The van der Waals surface area contributed by atoms with Gasteiger partial charge < -0.3 is 19.7 Å². The van der Waals surface area contributed by atoms with Crippen LogP contribution in [0.4, 0.5) is 23.7 Å². The fourth-order valence-corrected chi connectivity index (χ4v) is 6.19. The van der Waals surface area contributed by atoms with E-state index in [9.17, 15) is 28.0 Å². The highest BCUT2D eigenvalue weighted by atomic mass is 35.5. The van der Waals surface area contributed by atoms with E-state index in [4.69, 9.17) is 16.3 Å². The molecule has 3 aromatic rings. The van der Waals surface area contributed by atoms with Gasteiger partial charge in [0.1, 0.15) is 22.6 Å². The van der Waals surface area contributed by atoms with Gasteiger partial charge in [-0.3, -0.25) is 14.9 Å². The summed E-state index contributed by atoms with van der Waals surface area (Å²) in [4.78, 5) is 52.1. The standard InChI is InChI=1S/C28H23ClF3N3O6S/c1-40-26(38)23-17(31)12-20(42-23)24(36)33-19(11-14-3-5-15(30)6-4-14)25(37)35-10-2-9-28(13-35)21-18(34-27(39)41-28)8-7-16(29)22(21)32/h3-8,12,19H,2,9-11,13H2,1H3,(H,33,36)(H,34,39)/t19-,28-/m0/s1. The molecular formula is C28H23ClF3N3O6S. The summed E-state index contributed by atoms with van der Waals surface area (Å²) in [5.74, 6) is -4.64. The minimum atomic E-state index is -1.54. The number of benzene rings is 2. The molecule has 2 aliphatic rings. The van der Waals surface area contributed by atoms with E-state index in [0.717, 1.165) is 13.2 Å². The average molecular weight is 622 g/mol. The molecule has 2 aliphatic heterocycles. The van der Waals surface area contributed by atoms with Crippen LogP contribution >= 0.6 is 22.9 Å². The van der Waals surface area contributed by atoms with E-state index in [2.05, 4.69) is 15.4 Å². The van der Waals surface area contributed by atoms with Gasteiger partial charge in [-0.2, -0.15) is 0 Å². The number of ether oxygens (including phenoxy) is 2. The Kier molecular flexibility index (Phi) is 8.15. The van der Waals surface area contributed by atoms with Crippen LogP contribution in [0.3, 0.4) is 0 Å². The van der Waals surface area contributed by atoms with E-state index in [0.29, 0.717) is 23.3 Å². The van der Waals surface area contributed by atoms with Crippen LogP contribution in [-0.4, -0.2) is 55.0 Å². The summed E-state index contributed by atoms with van der Waals surface area (Å²) in [6, 6.07) is 7.65. The summed E-state index contributed by atoms with van der Waals surface area (Å²) in [6.07, 6.45) is -0.380. The Morgan fingerprint density at radius 1 is 1.19 bits per heavy atom. The highest BCUT2D eigenvalue weighted by molar-refractivity contribution is 7.15. The lowest BCUT2D eigenvalue weighted by atomic mass is 9.82. The number of thiophene rings is 1. The van der Waals surface area contributed by atoms with Gasteiger partial charge in [-0.25, -0.2) is 22.8 Å². The first-order valence-electron chi connectivity index (χ1n) is 12.7. The van der Waals surface area contributed by atoms with Crippen LogP contribution < -0.4 is 10.6 Å². The number of likely N-dealkylation sites (tertiary alicyclic amines) is 1. The van der Waals surface area contributed by atoms with Crippen LogP contribution in [0.2, 0.25) is 5.02 Å². The number of nitrogens with one attached hydrogen (secondary N) is 2. The average Bonchev–Trinajstić information content (AvgIpc) is 3.36. The Bertz CT molecular complexity index is 1580. The first-order valence-corrected chi connectivity index (χ1v) is 13.9. The first-order chi connectivity index (χ1) is 20.0. The number of halogens is 4. The summed E-state index contributed by atoms with van der Waals surface area (Å²) in [7, 11) is 1.07. The lowest BCUT2D eigenvalue weighted by Crippen LogP contribution is -2.57. The summed E-state index contributed by atoms with van der Waals surface area (Å²) < 4.78 is 53.3. The third kappa shape index (κ3) is 5.66. The second kappa shape index (κ2) is 11.6.